The van der Waals surface area contributed by atoms with Crippen molar-refractivity contribution in [2.45, 2.75) is 38.2 Å². The van der Waals surface area contributed by atoms with E-state index in [1.807, 2.05) is 6.07 Å². The van der Waals surface area contributed by atoms with Crippen molar-refractivity contribution in [3.05, 3.63) is 55.2 Å². The smallest absolute Gasteiger partial charge is 0.146 e. The summed E-state index contributed by atoms with van der Waals surface area (Å²) in [6, 6.07) is 4.39. The van der Waals surface area contributed by atoms with Crippen molar-refractivity contribution in [1.82, 2.24) is 0 Å². The van der Waals surface area contributed by atoms with Gasteiger partial charge in [-0.3, -0.25) is 0 Å². The number of fused-ring (bicyclic) bond motifs is 1. The molecule has 0 saturated carbocycles. The third-order valence-electron chi connectivity index (χ3n) is 3.89. The molecule has 1 aliphatic carbocycles. The first kappa shape index (κ1) is 15.1. The summed E-state index contributed by atoms with van der Waals surface area (Å²) in [4.78, 5) is 1.87. The molecule has 21 heavy (non-hydrogen) atoms. The molecule has 1 atom stereocenters. The zero-order valence-corrected chi connectivity index (χ0v) is 13.7. The number of halogens is 3. The van der Waals surface area contributed by atoms with Gasteiger partial charge in [-0.2, -0.15) is 0 Å². The number of hydrogen-bond donors (Lipinski definition) is 1. The van der Waals surface area contributed by atoms with Crippen LogP contribution in [0.2, 0.25) is 0 Å². The molecule has 0 radical (unpaired) electrons. The Kier molecular flexibility index (Phi) is 4.43. The minimum atomic E-state index is -1.25. The molecule has 1 N–H and O–H groups in total. The van der Waals surface area contributed by atoms with E-state index in [1.165, 1.54) is 40.3 Å². The number of aryl methyl sites for hydroxylation is 2. The summed E-state index contributed by atoms with van der Waals surface area (Å²) < 4.78 is 28.2. The maximum absolute atomic E-state index is 14.1. The normalized spacial score (nSPS) is 16.4. The van der Waals surface area contributed by atoms with E-state index < -0.39 is 17.7 Å². The summed E-state index contributed by atoms with van der Waals surface area (Å²) in [5, 5.41) is 10.4. The molecule has 3 rings (SSSR count). The van der Waals surface area contributed by atoms with Gasteiger partial charge in [0.25, 0.3) is 0 Å². The van der Waals surface area contributed by atoms with Crippen LogP contribution in [0.3, 0.4) is 0 Å². The summed E-state index contributed by atoms with van der Waals surface area (Å²) in [7, 11) is 0. The Hall–Kier alpha value is -0.780. The quantitative estimate of drug-likeness (QED) is 0.571. The molecular formula is C16H15BrF2OS. The Morgan fingerprint density at radius 1 is 1.14 bits per heavy atom. The van der Waals surface area contributed by atoms with Crippen LogP contribution >= 0.6 is 27.3 Å². The van der Waals surface area contributed by atoms with Gasteiger partial charge in [-0.05, 0) is 65.4 Å². The molecule has 0 amide bonds. The minimum Gasteiger partial charge on any atom is -0.383 e. The van der Waals surface area contributed by atoms with Crippen LogP contribution in [0.4, 0.5) is 8.78 Å². The molecule has 112 valence electrons. The highest BCUT2D eigenvalue weighted by molar-refractivity contribution is 9.10. The van der Waals surface area contributed by atoms with Crippen molar-refractivity contribution in [2.75, 3.05) is 0 Å². The first-order valence-corrected chi connectivity index (χ1v) is 8.62. The van der Waals surface area contributed by atoms with E-state index in [-0.39, 0.29) is 10.0 Å². The summed E-state index contributed by atoms with van der Waals surface area (Å²) in [6.45, 7) is 0. The number of thiophene rings is 1. The van der Waals surface area contributed by atoms with Crippen molar-refractivity contribution in [2.24, 2.45) is 0 Å². The zero-order chi connectivity index (χ0) is 15.0. The van der Waals surface area contributed by atoms with E-state index >= 15 is 0 Å². The van der Waals surface area contributed by atoms with Crippen molar-refractivity contribution >= 4 is 27.3 Å². The summed E-state index contributed by atoms with van der Waals surface area (Å²) in [5.74, 6) is -1.45. The molecule has 2 aromatic rings. The molecule has 0 bridgehead atoms. The topological polar surface area (TPSA) is 20.2 Å². The van der Waals surface area contributed by atoms with E-state index in [1.54, 1.807) is 0 Å². The monoisotopic (exact) mass is 372 g/mol. The van der Waals surface area contributed by atoms with E-state index in [0.717, 1.165) is 25.7 Å². The van der Waals surface area contributed by atoms with Crippen LogP contribution in [0.15, 0.2) is 22.7 Å². The first-order valence-electron chi connectivity index (χ1n) is 7.01. The van der Waals surface area contributed by atoms with E-state index in [9.17, 15) is 13.9 Å². The van der Waals surface area contributed by atoms with Gasteiger partial charge in [0.05, 0.1) is 10.0 Å². The second-order valence-electron chi connectivity index (χ2n) is 5.32. The van der Waals surface area contributed by atoms with Gasteiger partial charge in [-0.15, -0.1) is 11.3 Å². The third kappa shape index (κ3) is 2.91. The fraction of sp³-hybridized carbons (Fsp3) is 0.375. The Labute approximate surface area is 134 Å². The molecule has 5 heteroatoms. The fourth-order valence-corrected chi connectivity index (χ4v) is 4.36. The number of aliphatic hydroxyl groups is 1. The largest absolute Gasteiger partial charge is 0.383 e. The van der Waals surface area contributed by atoms with Crippen LogP contribution in [0.25, 0.3) is 0 Å². The predicted octanol–water partition coefficient (Wildman–Crippen LogP) is 5.14. The lowest BCUT2D eigenvalue weighted by atomic mass is 10.0. The second kappa shape index (κ2) is 6.15. The maximum atomic E-state index is 14.1. The lowest BCUT2D eigenvalue weighted by Crippen LogP contribution is -2.05. The Morgan fingerprint density at radius 3 is 2.71 bits per heavy atom. The van der Waals surface area contributed by atoms with Crippen LogP contribution in [-0.4, -0.2) is 5.11 Å². The average molecular weight is 373 g/mol. The molecule has 0 fully saturated rings. The van der Waals surface area contributed by atoms with Crippen molar-refractivity contribution in [3.8, 4) is 0 Å². The van der Waals surface area contributed by atoms with Crippen molar-refractivity contribution in [3.63, 3.8) is 0 Å². The van der Waals surface area contributed by atoms with Crippen molar-refractivity contribution in [1.29, 1.82) is 0 Å². The Morgan fingerprint density at radius 2 is 1.90 bits per heavy atom. The van der Waals surface area contributed by atoms with Crippen molar-refractivity contribution < 1.29 is 13.9 Å². The maximum Gasteiger partial charge on any atom is 0.146 e. The van der Waals surface area contributed by atoms with Gasteiger partial charge in [0, 0.05) is 9.75 Å². The number of aliphatic hydroxyl groups excluding tert-OH is 1. The predicted molar refractivity (Wildman–Crippen MR) is 83.7 cm³/mol. The van der Waals surface area contributed by atoms with Gasteiger partial charge in [0.1, 0.15) is 17.7 Å². The van der Waals surface area contributed by atoms with Crippen LogP contribution in [0.1, 0.15) is 46.2 Å². The van der Waals surface area contributed by atoms with Gasteiger partial charge >= 0.3 is 0 Å². The van der Waals surface area contributed by atoms with Gasteiger partial charge < -0.3 is 5.11 Å². The summed E-state index contributed by atoms with van der Waals surface area (Å²) in [6.07, 6.45) is 4.23. The molecule has 1 aromatic heterocycles. The van der Waals surface area contributed by atoms with E-state index in [2.05, 4.69) is 15.9 Å². The molecule has 1 nitrogen and oxygen atoms in total. The third-order valence-corrected chi connectivity index (χ3v) is 5.79. The summed E-state index contributed by atoms with van der Waals surface area (Å²) >= 11 is 4.52. The van der Waals surface area contributed by atoms with Crippen LogP contribution in [0.5, 0.6) is 0 Å². The van der Waals surface area contributed by atoms with Crippen LogP contribution < -0.4 is 0 Å². The highest BCUT2D eigenvalue weighted by Crippen LogP contribution is 2.37. The lowest BCUT2D eigenvalue weighted by Gasteiger charge is -2.12. The Bertz CT molecular complexity index is 645. The molecule has 1 aromatic carbocycles. The first-order chi connectivity index (χ1) is 10.1. The summed E-state index contributed by atoms with van der Waals surface area (Å²) in [5.41, 5.74) is 0.947. The molecule has 1 unspecified atom stereocenters. The number of benzene rings is 1. The second-order valence-corrected chi connectivity index (χ2v) is 7.34. The zero-order valence-electron chi connectivity index (χ0n) is 11.3. The van der Waals surface area contributed by atoms with Crippen LogP contribution in [-0.2, 0) is 12.8 Å². The van der Waals surface area contributed by atoms with Gasteiger partial charge in [-0.25, -0.2) is 8.78 Å². The molecule has 0 aliphatic heterocycles. The molecule has 0 spiro atoms. The SMILES string of the molecule is OC(c1cc2c(s1)CCCCC2)c1c(F)ccc(Br)c1F. The molecule has 0 saturated heterocycles. The molecular weight excluding hydrogens is 358 g/mol. The molecule has 1 aliphatic rings. The molecule has 1 heterocycles. The lowest BCUT2D eigenvalue weighted by molar-refractivity contribution is 0.212. The van der Waals surface area contributed by atoms with Gasteiger partial charge in [0.2, 0.25) is 0 Å². The minimum absolute atomic E-state index is 0.163. The van der Waals surface area contributed by atoms with E-state index in [0.29, 0.717) is 4.88 Å². The van der Waals surface area contributed by atoms with Crippen LogP contribution in [0, 0.1) is 11.6 Å². The highest BCUT2D eigenvalue weighted by Gasteiger charge is 2.24. The van der Waals surface area contributed by atoms with Gasteiger partial charge in [-0.1, -0.05) is 6.42 Å². The average Bonchev–Trinajstić information content (AvgIpc) is 2.74. The van der Waals surface area contributed by atoms with E-state index in [4.69, 9.17) is 0 Å². The van der Waals surface area contributed by atoms with Gasteiger partial charge in [0.15, 0.2) is 0 Å². The standard InChI is InChI=1S/C16H15BrF2OS/c17-10-6-7-11(18)14(15(10)19)16(20)13-8-9-4-2-1-3-5-12(9)21-13/h6-8,16,20H,1-5H2. The number of hydrogen-bond acceptors (Lipinski definition) is 2. The Balaban J connectivity index is 1.99. The fourth-order valence-electron chi connectivity index (χ4n) is 2.76. The number of rotatable bonds is 2. The highest BCUT2D eigenvalue weighted by atomic mass is 79.9.